The van der Waals surface area contributed by atoms with Gasteiger partial charge in [0.05, 0.1) is 4.90 Å². The molecule has 0 unspecified atom stereocenters. The van der Waals surface area contributed by atoms with Crippen LogP contribution >= 0.6 is 0 Å². The Hall–Kier alpha value is -1.89. The third-order valence-electron chi connectivity index (χ3n) is 3.52. The van der Waals surface area contributed by atoms with Gasteiger partial charge in [0, 0.05) is 25.3 Å². The minimum Gasteiger partial charge on any atom is -0.399 e. The van der Waals surface area contributed by atoms with E-state index in [1.165, 1.54) is 0 Å². The highest BCUT2D eigenvalue weighted by atomic mass is 32.2. The molecule has 0 aromatic heterocycles. The number of anilines is 1. The number of nitrogen functional groups attached to an aromatic ring is 1. The van der Waals surface area contributed by atoms with Crippen molar-refractivity contribution in [1.29, 1.82) is 0 Å². The Bertz CT molecular complexity index is 743. The topological polar surface area (TPSA) is 75.4 Å². The molecule has 0 heterocycles. The minimum absolute atomic E-state index is 0.293. The van der Waals surface area contributed by atoms with E-state index in [1.54, 1.807) is 24.3 Å². The lowest BCUT2D eigenvalue weighted by Crippen LogP contribution is -2.32. The molecule has 2 aromatic rings. The lowest BCUT2D eigenvalue weighted by atomic mass is 10.2. The summed E-state index contributed by atoms with van der Waals surface area (Å²) in [5, 5.41) is 0. The first kappa shape index (κ1) is 17.5. The molecule has 2 rings (SSSR count). The Kier molecular flexibility index (Phi) is 5.76. The largest absolute Gasteiger partial charge is 0.399 e. The standard InChI is InChI=1S/C17H23N3O2S/c1-14-6-8-17(9-7-14)23(21,22)19-10-11-20(2)13-15-4-3-5-16(18)12-15/h3-9,12,19H,10-11,13,18H2,1-2H3. The molecular weight excluding hydrogens is 310 g/mol. The predicted octanol–water partition coefficient (Wildman–Crippen LogP) is 1.99. The summed E-state index contributed by atoms with van der Waals surface area (Å²) in [4.78, 5) is 2.34. The number of nitrogens with two attached hydrogens (primary N) is 1. The molecule has 0 saturated heterocycles. The van der Waals surface area contributed by atoms with Crippen molar-refractivity contribution in [2.24, 2.45) is 0 Å². The van der Waals surface area contributed by atoms with Crippen molar-refractivity contribution in [2.45, 2.75) is 18.4 Å². The third-order valence-corrected chi connectivity index (χ3v) is 5.00. The maximum absolute atomic E-state index is 12.2. The maximum Gasteiger partial charge on any atom is 0.240 e. The van der Waals surface area contributed by atoms with Crippen molar-refractivity contribution in [3.05, 3.63) is 59.7 Å². The van der Waals surface area contributed by atoms with Crippen molar-refractivity contribution < 1.29 is 8.42 Å². The summed E-state index contributed by atoms with van der Waals surface area (Å²) >= 11 is 0. The molecule has 2 aromatic carbocycles. The first-order chi connectivity index (χ1) is 10.9. The second kappa shape index (κ2) is 7.59. The zero-order chi connectivity index (χ0) is 16.9. The van der Waals surface area contributed by atoms with Crippen LogP contribution in [0.4, 0.5) is 5.69 Å². The summed E-state index contributed by atoms with van der Waals surface area (Å²) in [6, 6.07) is 14.5. The van der Waals surface area contributed by atoms with E-state index in [-0.39, 0.29) is 0 Å². The van der Waals surface area contributed by atoms with Gasteiger partial charge in [-0.15, -0.1) is 0 Å². The Labute approximate surface area is 138 Å². The minimum atomic E-state index is -3.45. The summed E-state index contributed by atoms with van der Waals surface area (Å²) in [5.74, 6) is 0. The third kappa shape index (κ3) is 5.35. The lowest BCUT2D eigenvalue weighted by molar-refractivity contribution is 0.332. The predicted molar refractivity (Wildman–Crippen MR) is 93.6 cm³/mol. The normalized spacial score (nSPS) is 11.8. The molecule has 0 bridgehead atoms. The molecule has 6 heteroatoms. The van der Waals surface area contributed by atoms with E-state index in [0.717, 1.165) is 23.4 Å². The molecule has 0 atom stereocenters. The van der Waals surface area contributed by atoms with Crippen LogP contribution in [0.1, 0.15) is 11.1 Å². The molecule has 0 aliphatic carbocycles. The molecule has 0 aliphatic heterocycles. The highest BCUT2D eigenvalue weighted by Crippen LogP contribution is 2.10. The molecule has 0 fully saturated rings. The second-order valence-electron chi connectivity index (χ2n) is 5.69. The Morgan fingerprint density at radius 1 is 1.13 bits per heavy atom. The van der Waals surface area contributed by atoms with Gasteiger partial charge >= 0.3 is 0 Å². The second-order valence-corrected chi connectivity index (χ2v) is 7.46. The van der Waals surface area contributed by atoms with Crippen LogP contribution in [-0.4, -0.2) is 33.5 Å². The number of hydrogen-bond acceptors (Lipinski definition) is 4. The fraction of sp³-hybridized carbons (Fsp3) is 0.294. The zero-order valence-corrected chi connectivity index (χ0v) is 14.3. The smallest absolute Gasteiger partial charge is 0.240 e. The number of rotatable bonds is 7. The SMILES string of the molecule is Cc1ccc(S(=O)(=O)NCCN(C)Cc2cccc(N)c2)cc1. The number of aryl methyl sites for hydroxylation is 1. The van der Waals surface area contributed by atoms with Crippen LogP contribution in [0.25, 0.3) is 0 Å². The van der Waals surface area contributed by atoms with Gasteiger partial charge in [-0.2, -0.15) is 0 Å². The molecule has 0 spiro atoms. The number of likely N-dealkylation sites (N-methyl/N-ethyl adjacent to an activating group) is 1. The van der Waals surface area contributed by atoms with Crippen LogP contribution in [0.15, 0.2) is 53.4 Å². The van der Waals surface area contributed by atoms with Crippen molar-refractivity contribution in [1.82, 2.24) is 9.62 Å². The number of nitrogens with zero attached hydrogens (tertiary/aromatic N) is 1. The quantitative estimate of drug-likeness (QED) is 0.760. The Morgan fingerprint density at radius 2 is 1.83 bits per heavy atom. The van der Waals surface area contributed by atoms with Gasteiger partial charge < -0.3 is 10.6 Å². The highest BCUT2D eigenvalue weighted by Gasteiger charge is 2.13. The van der Waals surface area contributed by atoms with Crippen molar-refractivity contribution in [3.8, 4) is 0 Å². The molecule has 0 aliphatic rings. The van der Waals surface area contributed by atoms with E-state index in [0.29, 0.717) is 18.0 Å². The fourth-order valence-electron chi connectivity index (χ4n) is 2.25. The maximum atomic E-state index is 12.2. The van der Waals surface area contributed by atoms with Crippen LogP contribution in [0.5, 0.6) is 0 Å². The molecule has 0 radical (unpaired) electrons. The monoisotopic (exact) mass is 333 g/mol. The van der Waals surface area contributed by atoms with Gasteiger partial charge in [0.15, 0.2) is 0 Å². The number of benzene rings is 2. The Morgan fingerprint density at radius 3 is 2.48 bits per heavy atom. The van der Waals surface area contributed by atoms with Crippen LogP contribution < -0.4 is 10.5 Å². The number of hydrogen-bond donors (Lipinski definition) is 2. The zero-order valence-electron chi connectivity index (χ0n) is 13.5. The molecule has 23 heavy (non-hydrogen) atoms. The summed E-state index contributed by atoms with van der Waals surface area (Å²) in [5.41, 5.74) is 8.63. The van der Waals surface area contributed by atoms with Gasteiger partial charge in [-0.05, 0) is 43.8 Å². The first-order valence-corrected chi connectivity index (χ1v) is 8.94. The first-order valence-electron chi connectivity index (χ1n) is 7.46. The molecule has 5 nitrogen and oxygen atoms in total. The summed E-state index contributed by atoms with van der Waals surface area (Å²) in [6.07, 6.45) is 0. The van der Waals surface area contributed by atoms with Crippen molar-refractivity contribution >= 4 is 15.7 Å². The molecular formula is C17H23N3O2S. The molecule has 0 saturated carbocycles. The van der Waals surface area contributed by atoms with Crippen LogP contribution in [0.2, 0.25) is 0 Å². The average Bonchev–Trinajstić information content (AvgIpc) is 2.47. The van der Waals surface area contributed by atoms with E-state index in [4.69, 9.17) is 5.73 Å². The summed E-state index contributed by atoms with van der Waals surface area (Å²) in [7, 11) is -1.50. The van der Waals surface area contributed by atoms with E-state index in [1.807, 2.05) is 43.1 Å². The van der Waals surface area contributed by atoms with Gasteiger partial charge in [-0.3, -0.25) is 0 Å². The number of sulfonamides is 1. The van der Waals surface area contributed by atoms with Gasteiger partial charge in [0.2, 0.25) is 10.0 Å². The van der Waals surface area contributed by atoms with Gasteiger partial charge in [0.1, 0.15) is 0 Å². The fourth-order valence-corrected chi connectivity index (χ4v) is 3.27. The van der Waals surface area contributed by atoms with Crippen LogP contribution in [0.3, 0.4) is 0 Å². The number of nitrogens with one attached hydrogen (secondary N) is 1. The van der Waals surface area contributed by atoms with E-state index in [9.17, 15) is 8.42 Å². The van der Waals surface area contributed by atoms with E-state index >= 15 is 0 Å². The van der Waals surface area contributed by atoms with Gasteiger partial charge in [-0.25, -0.2) is 13.1 Å². The average molecular weight is 333 g/mol. The van der Waals surface area contributed by atoms with Gasteiger partial charge in [0.25, 0.3) is 0 Å². The lowest BCUT2D eigenvalue weighted by Gasteiger charge is -2.17. The summed E-state index contributed by atoms with van der Waals surface area (Å²) in [6.45, 7) is 3.61. The van der Waals surface area contributed by atoms with Gasteiger partial charge in [-0.1, -0.05) is 29.8 Å². The van der Waals surface area contributed by atoms with Crippen LogP contribution in [0, 0.1) is 6.92 Å². The van der Waals surface area contributed by atoms with E-state index < -0.39 is 10.0 Å². The summed E-state index contributed by atoms with van der Waals surface area (Å²) < 4.78 is 27.0. The molecule has 0 amide bonds. The molecule has 3 N–H and O–H groups in total. The Balaban J connectivity index is 1.85. The van der Waals surface area contributed by atoms with Crippen molar-refractivity contribution in [2.75, 3.05) is 25.9 Å². The van der Waals surface area contributed by atoms with E-state index in [2.05, 4.69) is 4.72 Å². The van der Waals surface area contributed by atoms with Crippen molar-refractivity contribution in [3.63, 3.8) is 0 Å². The highest BCUT2D eigenvalue weighted by molar-refractivity contribution is 7.89. The van der Waals surface area contributed by atoms with Crippen LogP contribution in [-0.2, 0) is 16.6 Å². The molecule has 124 valence electrons.